The zero-order valence-electron chi connectivity index (χ0n) is 15.3. The summed E-state index contributed by atoms with van der Waals surface area (Å²) in [5, 5.41) is 8.76. The molecule has 0 radical (unpaired) electrons. The van der Waals surface area contributed by atoms with Crippen molar-refractivity contribution in [2.45, 2.75) is 6.04 Å². The molecule has 0 unspecified atom stereocenters. The Kier molecular flexibility index (Phi) is 4.37. The summed E-state index contributed by atoms with van der Waals surface area (Å²) in [6, 6.07) is 23.7. The molecule has 0 bridgehead atoms. The van der Waals surface area contributed by atoms with E-state index in [1.54, 1.807) is 12.1 Å². The largest absolute Gasteiger partial charge is 0.324 e. The highest BCUT2D eigenvalue weighted by Crippen LogP contribution is 2.34. The summed E-state index contributed by atoms with van der Waals surface area (Å²) in [4.78, 5) is 4.70. The minimum Gasteiger partial charge on any atom is -0.324 e. The Hall–Kier alpha value is -3.44. The van der Waals surface area contributed by atoms with E-state index in [1.165, 1.54) is 12.1 Å². The van der Waals surface area contributed by atoms with Crippen molar-refractivity contribution in [3.05, 3.63) is 107 Å². The minimum absolute atomic E-state index is 0.212. The second-order valence-electron chi connectivity index (χ2n) is 6.78. The fraction of sp³-hybridized carbons (Fsp3) is 0.0435. The van der Waals surface area contributed by atoms with E-state index >= 15 is 0 Å². The zero-order valence-corrected chi connectivity index (χ0v) is 16.0. The molecule has 1 atom stereocenters. The van der Waals surface area contributed by atoms with E-state index in [9.17, 15) is 4.39 Å². The average Bonchev–Trinajstić information content (AvgIpc) is 3.19. The zero-order chi connectivity index (χ0) is 19.8. The molecule has 0 saturated heterocycles. The molecule has 4 aromatic rings. The van der Waals surface area contributed by atoms with E-state index in [0.29, 0.717) is 16.8 Å². The van der Waals surface area contributed by atoms with Crippen LogP contribution in [0.15, 0.2) is 84.9 Å². The third-order valence-corrected chi connectivity index (χ3v) is 5.12. The number of aromatic nitrogens is 3. The lowest BCUT2D eigenvalue weighted by Gasteiger charge is -2.24. The van der Waals surface area contributed by atoms with Gasteiger partial charge in [0.15, 0.2) is 5.82 Å². The fourth-order valence-electron chi connectivity index (χ4n) is 3.40. The van der Waals surface area contributed by atoms with Crippen LogP contribution in [-0.2, 0) is 0 Å². The van der Waals surface area contributed by atoms with Gasteiger partial charge in [-0.15, -0.1) is 5.10 Å². The predicted octanol–water partition coefficient (Wildman–Crippen LogP) is 5.79. The smallest absolute Gasteiger partial charge is 0.227 e. The Morgan fingerprint density at radius 3 is 2.31 bits per heavy atom. The Bertz CT molecular complexity index is 1180. The van der Waals surface area contributed by atoms with Crippen LogP contribution in [0.1, 0.15) is 17.2 Å². The molecular formula is C23H16ClFN4. The second kappa shape index (κ2) is 7.18. The molecule has 4 nitrogen and oxygen atoms in total. The normalized spacial score (nSPS) is 15.4. The van der Waals surface area contributed by atoms with Gasteiger partial charge >= 0.3 is 0 Å². The van der Waals surface area contributed by atoms with Gasteiger partial charge in [0.1, 0.15) is 11.9 Å². The predicted molar refractivity (Wildman–Crippen MR) is 113 cm³/mol. The molecule has 2 heterocycles. The number of benzene rings is 3. The SMILES string of the molecule is Fc1ccc([C@H]2C=C(c3ccccc3)Nc3nc(-c4ccc(Cl)cc4)nn32)cc1. The molecule has 1 aromatic heterocycles. The Morgan fingerprint density at radius 1 is 0.862 bits per heavy atom. The van der Waals surface area contributed by atoms with Crippen LogP contribution in [0.25, 0.3) is 17.1 Å². The lowest BCUT2D eigenvalue weighted by atomic mass is 10.0. The van der Waals surface area contributed by atoms with E-state index in [4.69, 9.17) is 21.7 Å². The summed E-state index contributed by atoms with van der Waals surface area (Å²) in [5.41, 5.74) is 3.77. The van der Waals surface area contributed by atoms with Gasteiger partial charge in [0, 0.05) is 16.3 Å². The highest BCUT2D eigenvalue weighted by molar-refractivity contribution is 6.30. The first-order valence-electron chi connectivity index (χ1n) is 9.19. The van der Waals surface area contributed by atoms with E-state index in [2.05, 4.69) is 11.4 Å². The van der Waals surface area contributed by atoms with E-state index in [-0.39, 0.29) is 11.9 Å². The molecule has 0 amide bonds. The molecule has 6 heteroatoms. The first-order chi connectivity index (χ1) is 14.2. The summed E-state index contributed by atoms with van der Waals surface area (Å²) < 4.78 is 15.3. The number of nitrogens with one attached hydrogen (secondary N) is 1. The number of fused-ring (bicyclic) bond motifs is 1. The summed E-state index contributed by atoms with van der Waals surface area (Å²) in [6.07, 6.45) is 2.08. The van der Waals surface area contributed by atoms with Crippen LogP contribution in [-0.4, -0.2) is 14.8 Å². The van der Waals surface area contributed by atoms with Gasteiger partial charge in [-0.05, 0) is 53.6 Å². The molecule has 5 rings (SSSR count). The van der Waals surface area contributed by atoms with Crippen molar-refractivity contribution in [3.8, 4) is 11.4 Å². The summed E-state index contributed by atoms with van der Waals surface area (Å²) in [6.45, 7) is 0. The molecule has 1 aliphatic rings. The second-order valence-corrected chi connectivity index (χ2v) is 7.21. The Morgan fingerprint density at radius 2 is 1.59 bits per heavy atom. The van der Waals surface area contributed by atoms with Gasteiger partial charge in [-0.25, -0.2) is 9.07 Å². The third-order valence-electron chi connectivity index (χ3n) is 4.86. The molecule has 0 saturated carbocycles. The first kappa shape index (κ1) is 17.6. The van der Waals surface area contributed by atoms with Crippen LogP contribution in [0.5, 0.6) is 0 Å². The average molecular weight is 403 g/mol. The molecule has 0 aliphatic carbocycles. The van der Waals surface area contributed by atoms with E-state index in [0.717, 1.165) is 22.4 Å². The van der Waals surface area contributed by atoms with Gasteiger partial charge < -0.3 is 5.32 Å². The van der Waals surface area contributed by atoms with Crippen LogP contribution in [0.3, 0.4) is 0 Å². The van der Waals surface area contributed by atoms with E-state index in [1.807, 2.05) is 59.3 Å². The highest BCUT2D eigenvalue weighted by Gasteiger charge is 2.25. The van der Waals surface area contributed by atoms with Crippen LogP contribution < -0.4 is 5.32 Å². The number of anilines is 1. The maximum Gasteiger partial charge on any atom is 0.227 e. The molecular weight excluding hydrogens is 387 g/mol. The van der Waals surface area contributed by atoms with Crippen molar-refractivity contribution in [2.75, 3.05) is 5.32 Å². The van der Waals surface area contributed by atoms with Crippen LogP contribution in [0.4, 0.5) is 10.3 Å². The lowest BCUT2D eigenvalue weighted by Crippen LogP contribution is -2.20. The van der Waals surface area contributed by atoms with Crippen molar-refractivity contribution in [2.24, 2.45) is 0 Å². The standard InChI is InChI=1S/C23H16ClFN4/c24-18-10-6-17(7-11-18)22-27-23-26-20(15-4-2-1-3-5-15)14-21(29(23)28-22)16-8-12-19(25)13-9-16/h1-14,21H,(H,26,27,28)/t21-/m1/s1. The first-order valence-corrected chi connectivity index (χ1v) is 9.57. The number of nitrogens with zero attached hydrogens (tertiary/aromatic N) is 3. The number of hydrogen-bond acceptors (Lipinski definition) is 3. The van der Waals surface area contributed by atoms with Crippen molar-refractivity contribution in [1.82, 2.24) is 14.8 Å². The van der Waals surface area contributed by atoms with Crippen molar-refractivity contribution < 1.29 is 4.39 Å². The van der Waals surface area contributed by atoms with Gasteiger partial charge in [0.25, 0.3) is 0 Å². The maximum atomic E-state index is 13.5. The number of halogens is 2. The van der Waals surface area contributed by atoms with Crippen LogP contribution in [0.2, 0.25) is 5.02 Å². The monoisotopic (exact) mass is 402 g/mol. The van der Waals surface area contributed by atoms with Gasteiger partial charge in [-0.1, -0.05) is 54.1 Å². The molecule has 3 aromatic carbocycles. The van der Waals surface area contributed by atoms with E-state index < -0.39 is 0 Å². The highest BCUT2D eigenvalue weighted by atomic mass is 35.5. The summed E-state index contributed by atoms with van der Waals surface area (Å²) in [5.74, 6) is 0.959. The lowest BCUT2D eigenvalue weighted by molar-refractivity contribution is 0.604. The van der Waals surface area contributed by atoms with Gasteiger partial charge in [-0.3, -0.25) is 0 Å². The fourth-order valence-corrected chi connectivity index (χ4v) is 3.52. The third kappa shape index (κ3) is 3.41. The molecule has 0 fully saturated rings. The topological polar surface area (TPSA) is 42.7 Å². The number of allylic oxidation sites excluding steroid dienone is 1. The van der Waals surface area contributed by atoms with Crippen LogP contribution >= 0.6 is 11.6 Å². The van der Waals surface area contributed by atoms with Crippen molar-refractivity contribution in [1.29, 1.82) is 0 Å². The Labute approximate surface area is 172 Å². The number of hydrogen-bond donors (Lipinski definition) is 1. The van der Waals surface area contributed by atoms with Gasteiger partial charge in [0.05, 0.1) is 0 Å². The Balaban J connectivity index is 1.62. The van der Waals surface area contributed by atoms with Gasteiger partial charge in [-0.2, -0.15) is 4.98 Å². The summed E-state index contributed by atoms with van der Waals surface area (Å²) >= 11 is 6.01. The quantitative estimate of drug-likeness (QED) is 0.471. The molecule has 1 N–H and O–H groups in total. The number of rotatable bonds is 3. The molecule has 1 aliphatic heterocycles. The minimum atomic E-state index is -0.268. The summed E-state index contributed by atoms with van der Waals surface area (Å²) in [7, 11) is 0. The van der Waals surface area contributed by atoms with Crippen molar-refractivity contribution >= 4 is 23.2 Å². The molecule has 0 spiro atoms. The molecule has 142 valence electrons. The maximum absolute atomic E-state index is 13.5. The molecule has 29 heavy (non-hydrogen) atoms. The van der Waals surface area contributed by atoms with Crippen molar-refractivity contribution in [3.63, 3.8) is 0 Å². The van der Waals surface area contributed by atoms with Crippen LogP contribution in [0, 0.1) is 5.82 Å². The van der Waals surface area contributed by atoms with Gasteiger partial charge in [0.2, 0.25) is 5.95 Å².